The van der Waals surface area contributed by atoms with Crippen LogP contribution in [0.3, 0.4) is 0 Å². The Labute approximate surface area is 186 Å². The molecule has 0 aliphatic carbocycles. The van der Waals surface area contributed by atoms with Crippen molar-refractivity contribution in [3.63, 3.8) is 0 Å². The van der Waals surface area contributed by atoms with Gasteiger partial charge in [-0.1, -0.05) is 104 Å². The van der Waals surface area contributed by atoms with Gasteiger partial charge in [0.1, 0.15) is 0 Å². The first-order valence-electron chi connectivity index (χ1n) is 12.9. The number of unbranched alkanes of at least 4 members (excludes halogenated alkanes) is 13. The molecule has 0 radical (unpaired) electrons. The van der Waals surface area contributed by atoms with Gasteiger partial charge in [-0.05, 0) is 25.7 Å². The second-order valence-electron chi connectivity index (χ2n) is 8.90. The molecule has 0 aromatic carbocycles. The number of hydrogen-bond acceptors (Lipinski definition) is 4. The predicted octanol–water partition coefficient (Wildman–Crippen LogP) is 7.95. The van der Waals surface area contributed by atoms with Crippen molar-refractivity contribution in [2.24, 2.45) is 0 Å². The van der Waals surface area contributed by atoms with Crippen LogP contribution in [-0.4, -0.2) is 30.3 Å². The van der Waals surface area contributed by atoms with Crippen molar-refractivity contribution in [3.05, 3.63) is 0 Å². The number of rotatable bonds is 21. The molecular formula is C24H49O5P. The molecule has 0 spiro atoms. The molecule has 1 N–H and O–H groups in total. The van der Waals surface area contributed by atoms with Crippen molar-refractivity contribution < 1.29 is 23.2 Å². The molecule has 0 aromatic heterocycles. The molecule has 30 heavy (non-hydrogen) atoms. The molecular weight excluding hydrogens is 399 g/mol. The van der Waals surface area contributed by atoms with E-state index in [1.165, 1.54) is 77.0 Å². The number of hydrogen-bond donors (Lipinski definition) is 1. The van der Waals surface area contributed by atoms with Gasteiger partial charge in [0, 0.05) is 13.2 Å². The van der Waals surface area contributed by atoms with Gasteiger partial charge in [0.2, 0.25) is 0 Å². The van der Waals surface area contributed by atoms with Gasteiger partial charge < -0.3 is 9.63 Å². The van der Waals surface area contributed by atoms with E-state index in [0.717, 1.165) is 51.7 Å². The summed E-state index contributed by atoms with van der Waals surface area (Å²) in [6.45, 7) is 6.26. The van der Waals surface area contributed by atoms with E-state index < -0.39 is 7.82 Å². The average Bonchev–Trinajstić information content (AvgIpc) is 3.01. The van der Waals surface area contributed by atoms with Crippen LogP contribution in [0.15, 0.2) is 0 Å². The quantitative estimate of drug-likeness (QED) is 0.143. The monoisotopic (exact) mass is 448 g/mol. The van der Waals surface area contributed by atoms with Gasteiger partial charge in [-0.2, -0.15) is 0 Å². The van der Waals surface area contributed by atoms with Gasteiger partial charge in [-0.3, -0.25) is 9.05 Å². The van der Waals surface area contributed by atoms with Gasteiger partial charge in [-0.25, -0.2) is 4.57 Å². The van der Waals surface area contributed by atoms with E-state index in [9.17, 15) is 9.46 Å². The van der Waals surface area contributed by atoms with E-state index >= 15 is 0 Å². The molecule has 3 atom stereocenters. The van der Waals surface area contributed by atoms with Crippen LogP contribution in [0.5, 0.6) is 0 Å². The van der Waals surface area contributed by atoms with Crippen LogP contribution >= 0.6 is 7.82 Å². The highest BCUT2D eigenvalue weighted by Crippen LogP contribution is 2.54. The average molecular weight is 449 g/mol. The third kappa shape index (κ3) is 15.0. The minimum Gasteiger partial charge on any atom is -0.381 e. The molecule has 1 saturated heterocycles. The standard InChI is InChI=1S/C24H49O5P/c1-3-5-7-9-12-15-19-23-24(29-30(25,26)28-23)20-16-13-10-11-14-18-22-27-21-17-8-6-4-2/h23-24H,3-22H2,1-2H3,(H,25,26). The van der Waals surface area contributed by atoms with Crippen LogP contribution in [0.2, 0.25) is 0 Å². The summed E-state index contributed by atoms with van der Waals surface area (Å²) in [6, 6.07) is 0. The number of phosphoric acid groups is 1. The van der Waals surface area contributed by atoms with E-state index in [2.05, 4.69) is 13.8 Å². The lowest BCUT2D eigenvalue weighted by atomic mass is 9.99. The molecule has 1 fully saturated rings. The fraction of sp³-hybridized carbons (Fsp3) is 1.00. The molecule has 1 aliphatic heterocycles. The van der Waals surface area contributed by atoms with E-state index in [1.807, 2.05) is 0 Å². The van der Waals surface area contributed by atoms with E-state index in [-0.39, 0.29) is 12.2 Å². The van der Waals surface area contributed by atoms with Gasteiger partial charge in [-0.15, -0.1) is 0 Å². The topological polar surface area (TPSA) is 65.0 Å². The molecule has 1 rings (SSSR count). The normalized spacial score (nSPS) is 24.0. The Morgan fingerprint density at radius 1 is 0.633 bits per heavy atom. The van der Waals surface area contributed by atoms with Crippen molar-refractivity contribution in [2.45, 2.75) is 142 Å². The second-order valence-corrected chi connectivity index (χ2v) is 10.3. The summed E-state index contributed by atoms with van der Waals surface area (Å²) in [5, 5.41) is 0. The first kappa shape index (κ1) is 28.1. The number of ether oxygens (including phenoxy) is 1. The Kier molecular flexibility index (Phi) is 17.4. The Bertz CT molecular complexity index is 432. The SMILES string of the molecule is CCCCCCCCC1OP(=O)(O)OC1CCCCCCCCOCCCCCC. The summed E-state index contributed by atoms with van der Waals surface area (Å²) in [6.07, 6.45) is 20.6. The van der Waals surface area contributed by atoms with Crippen LogP contribution in [0, 0.1) is 0 Å². The van der Waals surface area contributed by atoms with Crippen molar-refractivity contribution >= 4 is 7.82 Å². The van der Waals surface area contributed by atoms with Gasteiger partial charge in [0.15, 0.2) is 0 Å². The predicted molar refractivity (Wildman–Crippen MR) is 125 cm³/mol. The summed E-state index contributed by atoms with van der Waals surface area (Å²) in [5.74, 6) is 0. The zero-order valence-electron chi connectivity index (χ0n) is 19.8. The lowest BCUT2D eigenvalue weighted by Gasteiger charge is -2.15. The van der Waals surface area contributed by atoms with Crippen molar-refractivity contribution in [3.8, 4) is 0 Å². The van der Waals surface area contributed by atoms with E-state index in [0.29, 0.717) is 0 Å². The number of phosphoric ester groups is 1. The molecule has 3 unspecified atom stereocenters. The van der Waals surface area contributed by atoms with Crippen LogP contribution in [0.1, 0.15) is 129 Å². The lowest BCUT2D eigenvalue weighted by molar-refractivity contribution is 0.125. The fourth-order valence-electron chi connectivity index (χ4n) is 4.10. The minimum atomic E-state index is -3.82. The van der Waals surface area contributed by atoms with E-state index in [4.69, 9.17) is 13.8 Å². The van der Waals surface area contributed by atoms with Gasteiger partial charge in [0.05, 0.1) is 12.2 Å². The zero-order chi connectivity index (χ0) is 21.9. The summed E-state index contributed by atoms with van der Waals surface area (Å²) in [7, 11) is -3.82. The van der Waals surface area contributed by atoms with Gasteiger partial charge >= 0.3 is 7.82 Å². The summed E-state index contributed by atoms with van der Waals surface area (Å²) < 4.78 is 28.2. The molecule has 6 heteroatoms. The van der Waals surface area contributed by atoms with Crippen LogP contribution in [0.4, 0.5) is 0 Å². The maximum absolute atomic E-state index is 11.8. The largest absolute Gasteiger partial charge is 0.472 e. The molecule has 0 amide bonds. The highest BCUT2D eigenvalue weighted by molar-refractivity contribution is 7.47. The maximum Gasteiger partial charge on any atom is 0.472 e. The first-order valence-corrected chi connectivity index (χ1v) is 14.4. The second kappa shape index (κ2) is 18.6. The molecule has 1 aliphatic rings. The molecule has 1 heterocycles. The fourth-order valence-corrected chi connectivity index (χ4v) is 5.31. The highest BCUT2D eigenvalue weighted by Gasteiger charge is 2.42. The highest BCUT2D eigenvalue weighted by atomic mass is 31.2. The Morgan fingerprint density at radius 3 is 1.47 bits per heavy atom. The van der Waals surface area contributed by atoms with Crippen molar-refractivity contribution in [1.82, 2.24) is 0 Å². The smallest absolute Gasteiger partial charge is 0.381 e. The summed E-state index contributed by atoms with van der Waals surface area (Å²) >= 11 is 0. The van der Waals surface area contributed by atoms with Crippen molar-refractivity contribution in [2.75, 3.05) is 13.2 Å². The van der Waals surface area contributed by atoms with Crippen LogP contribution in [0.25, 0.3) is 0 Å². The third-order valence-electron chi connectivity index (χ3n) is 5.96. The van der Waals surface area contributed by atoms with Crippen LogP contribution in [-0.2, 0) is 18.3 Å². The van der Waals surface area contributed by atoms with Crippen molar-refractivity contribution in [1.29, 1.82) is 0 Å². The van der Waals surface area contributed by atoms with Gasteiger partial charge in [0.25, 0.3) is 0 Å². The Balaban J connectivity index is 2.00. The maximum atomic E-state index is 11.8. The Morgan fingerprint density at radius 2 is 1.00 bits per heavy atom. The first-order chi connectivity index (χ1) is 14.6. The summed E-state index contributed by atoms with van der Waals surface area (Å²) in [5.41, 5.74) is 0. The molecule has 180 valence electrons. The minimum absolute atomic E-state index is 0.207. The summed E-state index contributed by atoms with van der Waals surface area (Å²) in [4.78, 5) is 9.71. The molecule has 0 saturated carbocycles. The Hall–Kier alpha value is 0.0700. The molecule has 0 aromatic rings. The van der Waals surface area contributed by atoms with E-state index in [1.54, 1.807) is 0 Å². The third-order valence-corrected chi connectivity index (χ3v) is 7.04. The molecule has 0 bridgehead atoms. The molecule has 5 nitrogen and oxygen atoms in total. The zero-order valence-corrected chi connectivity index (χ0v) is 20.7. The van der Waals surface area contributed by atoms with Crippen LogP contribution < -0.4 is 0 Å². The lowest BCUT2D eigenvalue weighted by Crippen LogP contribution is -2.22.